The van der Waals surface area contributed by atoms with Gasteiger partial charge in [-0.25, -0.2) is 4.99 Å². The highest BCUT2D eigenvalue weighted by Crippen LogP contribution is 2.16. The Morgan fingerprint density at radius 3 is 2.25 bits per heavy atom. The summed E-state index contributed by atoms with van der Waals surface area (Å²) in [5.41, 5.74) is 5.67. The number of aliphatic imine (C=N–C) groups is 1. The van der Waals surface area contributed by atoms with Gasteiger partial charge in [0.2, 0.25) is 0 Å². The highest BCUT2D eigenvalue weighted by molar-refractivity contribution is 14.0. The first-order chi connectivity index (χ1) is 8.90. The number of guanidine groups is 1. The first kappa shape index (κ1) is 18.8. The number of benzene rings is 1. The van der Waals surface area contributed by atoms with Crippen LogP contribution in [0.2, 0.25) is 0 Å². The summed E-state index contributed by atoms with van der Waals surface area (Å²) < 4.78 is 10.6. The predicted octanol–water partition coefficient (Wildman–Crippen LogP) is 2.39. The minimum atomic E-state index is -0.0789. The van der Waals surface area contributed by atoms with Gasteiger partial charge < -0.3 is 20.5 Å². The lowest BCUT2D eigenvalue weighted by atomic mass is 10.1. The number of rotatable bonds is 5. The summed E-state index contributed by atoms with van der Waals surface area (Å²) in [7, 11) is 1.63. The highest BCUT2D eigenvalue weighted by atomic mass is 127. The van der Waals surface area contributed by atoms with E-state index in [9.17, 15) is 0 Å². The van der Waals surface area contributed by atoms with Crippen LogP contribution in [0.1, 0.15) is 20.8 Å². The van der Waals surface area contributed by atoms with Crippen molar-refractivity contribution in [3.63, 3.8) is 0 Å². The van der Waals surface area contributed by atoms with Crippen LogP contribution < -0.4 is 20.5 Å². The zero-order valence-electron chi connectivity index (χ0n) is 12.5. The number of nitrogens with two attached hydrogens (primary N) is 1. The molecule has 0 atom stereocenters. The predicted molar refractivity (Wildman–Crippen MR) is 93.3 cm³/mol. The van der Waals surface area contributed by atoms with Gasteiger partial charge in [0, 0.05) is 5.54 Å². The molecule has 0 radical (unpaired) electrons. The molecule has 0 amide bonds. The maximum Gasteiger partial charge on any atom is 0.189 e. The van der Waals surface area contributed by atoms with Crippen molar-refractivity contribution in [3.05, 3.63) is 24.3 Å². The zero-order valence-corrected chi connectivity index (χ0v) is 14.8. The molecule has 0 heterocycles. The Hall–Kier alpha value is -1.18. The average molecular weight is 393 g/mol. The fraction of sp³-hybridized carbons (Fsp3) is 0.500. The Kier molecular flexibility index (Phi) is 8.36. The molecule has 1 aromatic rings. The van der Waals surface area contributed by atoms with E-state index in [0.717, 1.165) is 11.5 Å². The second kappa shape index (κ2) is 8.89. The molecule has 20 heavy (non-hydrogen) atoms. The molecule has 0 unspecified atom stereocenters. The van der Waals surface area contributed by atoms with E-state index in [2.05, 4.69) is 10.3 Å². The first-order valence-electron chi connectivity index (χ1n) is 6.26. The monoisotopic (exact) mass is 393 g/mol. The Labute approximate surface area is 138 Å². The maximum atomic E-state index is 5.74. The van der Waals surface area contributed by atoms with E-state index >= 15 is 0 Å². The summed E-state index contributed by atoms with van der Waals surface area (Å²) >= 11 is 0. The topological polar surface area (TPSA) is 68.9 Å². The van der Waals surface area contributed by atoms with Crippen LogP contribution in [0.15, 0.2) is 29.3 Å². The lowest BCUT2D eigenvalue weighted by Crippen LogP contribution is -2.45. The smallest absolute Gasteiger partial charge is 0.189 e. The van der Waals surface area contributed by atoms with Crippen LogP contribution in [0, 0.1) is 0 Å². The van der Waals surface area contributed by atoms with E-state index in [1.807, 2.05) is 45.0 Å². The first-order valence-corrected chi connectivity index (χ1v) is 6.26. The summed E-state index contributed by atoms with van der Waals surface area (Å²) in [4.78, 5) is 4.19. The Morgan fingerprint density at radius 1 is 1.20 bits per heavy atom. The molecule has 0 aliphatic carbocycles. The Balaban J connectivity index is 0.00000361. The Bertz CT molecular complexity index is 413. The van der Waals surface area contributed by atoms with Crippen LogP contribution in [0.25, 0.3) is 0 Å². The summed E-state index contributed by atoms with van der Waals surface area (Å²) in [6.45, 7) is 7.09. The third-order valence-corrected chi connectivity index (χ3v) is 2.20. The normalized spacial score (nSPS) is 11.5. The third kappa shape index (κ3) is 8.08. The number of nitrogens with zero attached hydrogens (tertiary/aromatic N) is 1. The average Bonchev–Trinajstić information content (AvgIpc) is 2.33. The van der Waals surface area contributed by atoms with Gasteiger partial charge in [-0.3, -0.25) is 0 Å². The fourth-order valence-corrected chi connectivity index (χ4v) is 1.43. The molecule has 3 N–H and O–H groups in total. The van der Waals surface area contributed by atoms with Crippen molar-refractivity contribution in [2.24, 2.45) is 10.7 Å². The van der Waals surface area contributed by atoms with Gasteiger partial charge in [0.25, 0.3) is 0 Å². The second-order valence-corrected chi connectivity index (χ2v) is 5.17. The zero-order chi connectivity index (χ0) is 14.3. The molecule has 0 saturated carbocycles. The van der Waals surface area contributed by atoms with Gasteiger partial charge >= 0.3 is 0 Å². The third-order valence-electron chi connectivity index (χ3n) is 2.20. The quantitative estimate of drug-likeness (QED) is 0.349. The van der Waals surface area contributed by atoms with Crippen molar-refractivity contribution in [3.8, 4) is 11.5 Å². The van der Waals surface area contributed by atoms with E-state index in [-0.39, 0.29) is 29.5 Å². The largest absolute Gasteiger partial charge is 0.497 e. The Morgan fingerprint density at radius 2 is 1.75 bits per heavy atom. The van der Waals surface area contributed by atoms with Gasteiger partial charge in [-0.2, -0.15) is 0 Å². The molecule has 5 nitrogen and oxygen atoms in total. The van der Waals surface area contributed by atoms with Crippen LogP contribution in [0.5, 0.6) is 11.5 Å². The van der Waals surface area contributed by atoms with Gasteiger partial charge in [0.15, 0.2) is 5.96 Å². The van der Waals surface area contributed by atoms with Gasteiger partial charge in [-0.15, -0.1) is 24.0 Å². The van der Waals surface area contributed by atoms with Crippen molar-refractivity contribution in [2.75, 3.05) is 20.3 Å². The SMILES string of the molecule is COc1ccc(OCCN=C(N)NC(C)(C)C)cc1.I. The summed E-state index contributed by atoms with van der Waals surface area (Å²) in [5.74, 6) is 2.04. The molecule has 0 spiro atoms. The molecule has 0 fully saturated rings. The molecule has 0 saturated heterocycles. The van der Waals surface area contributed by atoms with E-state index in [4.69, 9.17) is 15.2 Å². The van der Waals surface area contributed by atoms with Gasteiger partial charge in [0.1, 0.15) is 18.1 Å². The van der Waals surface area contributed by atoms with Crippen molar-refractivity contribution in [2.45, 2.75) is 26.3 Å². The van der Waals surface area contributed by atoms with Crippen LogP contribution in [0.3, 0.4) is 0 Å². The number of nitrogens with one attached hydrogen (secondary N) is 1. The van der Waals surface area contributed by atoms with E-state index in [1.165, 1.54) is 0 Å². The number of hydrogen-bond acceptors (Lipinski definition) is 3. The molecule has 1 aromatic carbocycles. The van der Waals surface area contributed by atoms with Crippen LogP contribution in [-0.4, -0.2) is 31.8 Å². The lowest BCUT2D eigenvalue weighted by Gasteiger charge is -2.20. The molecular formula is C14H24IN3O2. The van der Waals surface area contributed by atoms with E-state index < -0.39 is 0 Å². The number of halogens is 1. The summed E-state index contributed by atoms with van der Waals surface area (Å²) in [6.07, 6.45) is 0. The van der Waals surface area contributed by atoms with Gasteiger partial charge in [0.05, 0.1) is 13.7 Å². The van der Waals surface area contributed by atoms with Crippen molar-refractivity contribution < 1.29 is 9.47 Å². The van der Waals surface area contributed by atoms with Crippen molar-refractivity contribution in [1.82, 2.24) is 5.32 Å². The van der Waals surface area contributed by atoms with Crippen LogP contribution in [0.4, 0.5) is 0 Å². The molecule has 0 aliphatic heterocycles. The van der Waals surface area contributed by atoms with Crippen LogP contribution in [-0.2, 0) is 0 Å². The lowest BCUT2D eigenvalue weighted by molar-refractivity contribution is 0.327. The minimum Gasteiger partial charge on any atom is -0.497 e. The second-order valence-electron chi connectivity index (χ2n) is 5.17. The van der Waals surface area contributed by atoms with Gasteiger partial charge in [-0.1, -0.05) is 0 Å². The molecule has 0 aliphatic rings. The van der Waals surface area contributed by atoms with Crippen molar-refractivity contribution >= 4 is 29.9 Å². The highest BCUT2D eigenvalue weighted by Gasteiger charge is 2.09. The van der Waals surface area contributed by atoms with Gasteiger partial charge in [-0.05, 0) is 45.0 Å². The van der Waals surface area contributed by atoms with E-state index in [0.29, 0.717) is 19.1 Å². The minimum absolute atomic E-state index is 0. The fourth-order valence-electron chi connectivity index (χ4n) is 1.43. The van der Waals surface area contributed by atoms with Crippen LogP contribution >= 0.6 is 24.0 Å². The standard InChI is InChI=1S/C14H23N3O2.HI/c1-14(2,3)17-13(15)16-9-10-19-12-7-5-11(18-4)6-8-12;/h5-8H,9-10H2,1-4H3,(H3,15,16,17);1H. The summed E-state index contributed by atoms with van der Waals surface area (Å²) in [5, 5.41) is 3.09. The maximum absolute atomic E-state index is 5.74. The molecule has 6 heteroatoms. The number of ether oxygens (including phenoxy) is 2. The molecule has 0 aromatic heterocycles. The molecule has 0 bridgehead atoms. The molecule has 1 rings (SSSR count). The molecule has 114 valence electrons. The number of hydrogen-bond donors (Lipinski definition) is 2. The summed E-state index contributed by atoms with van der Waals surface area (Å²) in [6, 6.07) is 7.43. The molecular weight excluding hydrogens is 369 g/mol. The van der Waals surface area contributed by atoms with Crippen molar-refractivity contribution in [1.29, 1.82) is 0 Å². The van der Waals surface area contributed by atoms with E-state index in [1.54, 1.807) is 7.11 Å². The number of methoxy groups -OCH3 is 1.